The summed E-state index contributed by atoms with van der Waals surface area (Å²) in [4.78, 5) is 11.1. The maximum Gasteiger partial charge on any atom is 0.315 e. The van der Waals surface area contributed by atoms with Crippen LogP contribution >= 0.6 is 0 Å². The molecule has 76 valence electrons. The molecule has 0 aromatic carbocycles. The van der Waals surface area contributed by atoms with Gasteiger partial charge in [0.2, 0.25) is 0 Å². The Kier molecular flexibility index (Phi) is 1.98. The third-order valence-electron chi connectivity index (χ3n) is 4.04. The van der Waals surface area contributed by atoms with E-state index in [2.05, 4.69) is 0 Å². The molecule has 1 saturated heterocycles. The van der Waals surface area contributed by atoms with Crippen LogP contribution in [0.4, 0.5) is 0 Å². The number of carboxylic acids is 1. The average Bonchev–Trinajstić information content (AvgIpc) is 2.12. The third-order valence-corrected chi connectivity index (χ3v) is 4.04. The quantitative estimate of drug-likeness (QED) is 0.495. The second-order valence-electron chi connectivity index (χ2n) is 4.77. The van der Waals surface area contributed by atoms with Gasteiger partial charge in [-0.3, -0.25) is 4.79 Å². The maximum absolute atomic E-state index is 11.9. The Bertz CT molecular complexity index is 247. The van der Waals surface area contributed by atoms with Crippen LogP contribution in [0.15, 0.2) is 0 Å². The van der Waals surface area contributed by atoms with Crippen LogP contribution in [-0.4, -0.2) is 34.9 Å². The van der Waals surface area contributed by atoms with Gasteiger partial charge in [-0.25, -0.2) is 0 Å². The van der Waals surface area contributed by atoms with Crippen molar-refractivity contribution in [1.82, 2.24) is 0 Å². The molecule has 1 fully saturated rings. The van der Waals surface area contributed by atoms with Gasteiger partial charge in [0.1, 0.15) is 11.0 Å². The van der Waals surface area contributed by atoms with Crippen LogP contribution in [0.5, 0.6) is 0 Å². The van der Waals surface area contributed by atoms with E-state index in [0.29, 0.717) is 13.0 Å². The van der Waals surface area contributed by atoms with Crippen molar-refractivity contribution in [1.29, 1.82) is 0 Å². The van der Waals surface area contributed by atoms with E-state index in [-0.39, 0.29) is 0 Å². The molecule has 0 spiro atoms. The first kappa shape index (κ1) is 10.5. The van der Waals surface area contributed by atoms with E-state index < -0.39 is 21.6 Å². The minimum atomic E-state index is -0.899. The lowest BCUT2D eigenvalue weighted by Crippen LogP contribution is -2.58. The summed E-state index contributed by atoms with van der Waals surface area (Å²) in [6, 6.07) is 0. The Hall–Kier alpha value is -0.610. The number of carbonyl (C=O) groups is 1. The van der Waals surface area contributed by atoms with Crippen LogP contribution in [-0.2, 0) is 4.79 Å². The first-order chi connectivity index (χ1) is 5.65. The molecule has 0 radical (unpaired) electrons. The van der Waals surface area contributed by atoms with Gasteiger partial charge in [0.05, 0.1) is 13.6 Å². The second kappa shape index (κ2) is 2.45. The predicted octanol–water partition coefficient (Wildman–Crippen LogP) is 1.20. The second-order valence-corrected chi connectivity index (χ2v) is 4.77. The van der Waals surface area contributed by atoms with Crippen molar-refractivity contribution in [3.63, 3.8) is 0 Å². The van der Waals surface area contributed by atoms with E-state index in [4.69, 9.17) is 5.11 Å². The zero-order valence-corrected chi connectivity index (χ0v) is 8.63. The molecule has 0 bridgehead atoms. The van der Waals surface area contributed by atoms with Gasteiger partial charge in [-0.05, 0) is 20.8 Å². The number of aliphatic carboxylic acids is 1. The van der Waals surface area contributed by atoms with Gasteiger partial charge in [-0.15, -0.1) is 0 Å². The molecule has 2 unspecified atom stereocenters. The fourth-order valence-electron chi connectivity index (χ4n) is 1.91. The van der Waals surface area contributed by atoms with Crippen LogP contribution < -0.4 is 0 Å². The molecule has 4 heteroatoms. The molecular weight excluding hydrogens is 170 g/mol. The molecule has 13 heavy (non-hydrogen) atoms. The maximum atomic E-state index is 11.9. The van der Waals surface area contributed by atoms with E-state index in [1.54, 1.807) is 27.8 Å². The summed E-state index contributed by atoms with van der Waals surface area (Å²) >= 11 is 0. The Labute approximate surface area is 78.3 Å². The zero-order valence-electron chi connectivity index (χ0n) is 8.63. The third kappa shape index (κ3) is 1.09. The summed E-state index contributed by atoms with van der Waals surface area (Å²) < 4.78 is -0.462. The van der Waals surface area contributed by atoms with Crippen molar-refractivity contribution in [3.05, 3.63) is 5.21 Å². The molecule has 0 aromatic rings. The number of nitrogens with zero attached hydrogens (tertiary/aromatic N) is 1. The predicted molar refractivity (Wildman–Crippen MR) is 48.9 cm³/mol. The van der Waals surface area contributed by atoms with E-state index in [9.17, 15) is 10.0 Å². The van der Waals surface area contributed by atoms with Gasteiger partial charge >= 0.3 is 5.97 Å². The molecule has 0 aliphatic carbocycles. The van der Waals surface area contributed by atoms with Crippen LogP contribution in [0.1, 0.15) is 27.2 Å². The Morgan fingerprint density at radius 3 is 2.08 bits per heavy atom. The van der Waals surface area contributed by atoms with E-state index >= 15 is 0 Å². The highest BCUT2D eigenvalue weighted by Crippen LogP contribution is 2.48. The fourth-order valence-corrected chi connectivity index (χ4v) is 1.91. The molecule has 1 aliphatic heterocycles. The fraction of sp³-hybridized carbons (Fsp3) is 0.889. The largest absolute Gasteiger partial charge is 0.633 e. The lowest BCUT2D eigenvalue weighted by atomic mass is 9.73. The van der Waals surface area contributed by atoms with Crippen molar-refractivity contribution in [2.75, 3.05) is 13.6 Å². The molecule has 0 saturated carbocycles. The molecule has 2 atom stereocenters. The number of hydrogen-bond donors (Lipinski definition) is 1. The van der Waals surface area contributed by atoms with Gasteiger partial charge in [0.15, 0.2) is 0 Å². The molecule has 1 aliphatic rings. The molecule has 1 N–H and O–H groups in total. The smallest absolute Gasteiger partial charge is 0.315 e. The topological polar surface area (TPSA) is 60.4 Å². The molecule has 1 heterocycles. The summed E-state index contributed by atoms with van der Waals surface area (Å²) in [6.07, 6.45) is 0.454. The summed E-state index contributed by atoms with van der Waals surface area (Å²) in [5.74, 6) is -0.866. The zero-order chi connectivity index (χ0) is 10.5. The normalized spacial score (nSPS) is 43.5. The van der Waals surface area contributed by atoms with E-state index in [1.807, 2.05) is 0 Å². The standard InChI is InChI=1S/C9H17NO3/c1-8(2)9(3,7(11)12)5-6-10(8,4)13/h5-6H2,1-4H3,(H,11,12). The van der Waals surface area contributed by atoms with Gasteiger partial charge in [0.25, 0.3) is 0 Å². The number of rotatable bonds is 1. The highest BCUT2D eigenvalue weighted by atomic mass is 16.6. The molecule has 0 amide bonds. The SMILES string of the molecule is CC1(C(=O)O)CC[N+](C)([O-])C1(C)C. The number of hydrogen-bond acceptors (Lipinski definition) is 2. The first-order valence-electron chi connectivity index (χ1n) is 4.45. The number of carboxylic acid groups (broad SMARTS) is 1. The number of likely N-dealkylation sites (tertiary alicyclic amines) is 1. The monoisotopic (exact) mass is 187 g/mol. The molecular formula is C9H17NO3. The molecule has 1 rings (SSSR count). The highest BCUT2D eigenvalue weighted by molar-refractivity contribution is 5.76. The van der Waals surface area contributed by atoms with Crippen LogP contribution in [0.2, 0.25) is 0 Å². The van der Waals surface area contributed by atoms with Crippen molar-refractivity contribution >= 4 is 5.97 Å². The summed E-state index contributed by atoms with van der Waals surface area (Å²) in [7, 11) is 1.55. The van der Waals surface area contributed by atoms with Crippen LogP contribution in [0, 0.1) is 10.6 Å². The van der Waals surface area contributed by atoms with Gasteiger partial charge in [-0.2, -0.15) is 0 Å². The molecule has 4 nitrogen and oxygen atoms in total. The highest BCUT2D eigenvalue weighted by Gasteiger charge is 2.60. The van der Waals surface area contributed by atoms with Gasteiger partial charge < -0.3 is 15.0 Å². The number of quaternary nitrogens is 1. The summed E-state index contributed by atoms with van der Waals surface area (Å²) in [6.45, 7) is 5.52. The van der Waals surface area contributed by atoms with Crippen molar-refractivity contribution in [2.24, 2.45) is 5.41 Å². The van der Waals surface area contributed by atoms with Crippen molar-refractivity contribution < 1.29 is 14.5 Å². The van der Waals surface area contributed by atoms with Crippen molar-refractivity contribution in [3.8, 4) is 0 Å². The summed E-state index contributed by atoms with van der Waals surface area (Å²) in [5, 5.41) is 21.0. The molecule has 0 aromatic heterocycles. The minimum absolute atomic E-state index is 0.385. The van der Waals surface area contributed by atoms with Gasteiger partial charge in [0, 0.05) is 6.42 Å². The van der Waals surface area contributed by atoms with Crippen LogP contribution in [0.25, 0.3) is 0 Å². The van der Waals surface area contributed by atoms with E-state index in [0.717, 1.165) is 0 Å². The Morgan fingerprint density at radius 2 is 1.92 bits per heavy atom. The lowest BCUT2D eigenvalue weighted by Gasteiger charge is -2.49. The van der Waals surface area contributed by atoms with Crippen molar-refractivity contribution in [2.45, 2.75) is 32.7 Å². The number of hydroxylamine groups is 3. The minimum Gasteiger partial charge on any atom is -0.633 e. The van der Waals surface area contributed by atoms with E-state index in [1.165, 1.54) is 0 Å². The average molecular weight is 187 g/mol. The summed E-state index contributed by atoms with van der Waals surface area (Å²) in [5.41, 5.74) is -1.65. The van der Waals surface area contributed by atoms with Crippen LogP contribution in [0.3, 0.4) is 0 Å². The van der Waals surface area contributed by atoms with Gasteiger partial charge in [-0.1, -0.05) is 0 Å². The Balaban J connectivity index is 3.14. The lowest BCUT2D eigenvalue weighted by molar-refractivity contribution is -0.900. The first-order valence-corrected chi connectivity index (χ1v) is 4.45. The Morgan fingerprint density at radius 1 is 1.46 bits per heavy atom.